The van der Waals surface area contributed by atoms with E-state index in [1.165, 1.54) is 15.8 Å². The molecule has 0 unspecified atom stereocenters. The Bertz CT molecular complexity index is 1050. The van der Waals surface area contributed by atoms with Crippen LogP contribution in [-0.2, 0) is 0 Å². The first-order valence-corrected chi connectivity index (χ1v) is 8.75. The van der Waals surface area contributed by atoms with E-state index < -0.39 is 0 Å². The van der Waals surface area contributed by atoms with Crippen LogP contribution in [0, 0.1) is 6.92 Å². The Kier molecular flexibility index (Phi) is 2.78. The van der Waals surface area contributed by atoms with Gasteiger partial charge in [0.15, 0.2) is 5.65 Å². The van der Waals surface area contributed by atoms with Gasteiger partial charge in [0.2, 0.25) is 0 Å². The predicted octanol–water partition coefficient (Wildman–Crippen LogP) is 4.57. The van der Waals surface area contributed by atoms with Crippen molar-refractivity contribution in [2.24, 2.45) is 0 Å². The van der Waals surface area contributed by atoms with Crippen molar-refractivity contribution in [2.75, 3.05) is 0 Å². The maximum Gasteiger partial charge on any atom is 0.157 e. The fourth-order valence-corrected chi connectivity index (χ4v) is 4.39. The quantitative estimate of drug-likeness (QED) is 0.536. The van der Waals surface area contributed by atoms with Crippen LogP contribution >= 0.6 is 22.9 Å². The minimum atomic E-state index is 0.456. The highest BCUT2D eigenvalue weighted by Gasteiger charge is 2.41. The highest BCUT2D eigenvalue weighted by Crippen LogP contribution is 2.55. The summed E-state index contributed by atoms with van der Waals surface area (Å²) < 4.78 is 3.02. The third-order valence-electron chi connectivity index (χ3n) is 4.49. The standard InChI is InChI=1S/C17H13ClN4S/c1-9-20-14-6-10(2-3-15(14)23-9)11-7-12(11)13-8-16(18)21-22-5-4-19-17(13)22/h2-6,8,11-12H,7H2,1H3/t11-,12+/m1/s1. The molecule has 0 amide bonds. The first kappa shape index (κ1) is 13.5. The number of hydrogen-bond acceptors (Lipinski definition) is 4. The summed E-state index contributed by atoms with van der Waals surface area (Å²) in [7, 11) is 0. The van der Waals surface area contributed by atoms with Crippen molar-refractivity contribution in [1.82, 2.24) is 19.6 Å². The van der Waals surface area contributed by atoms with E-state index in [0.29, 0.717) is 17.0 Å². The lowest BCUT2D eigenvalue weighted by atomic mass is 10.1. The fourth-order valence-electron chi connectivity index (χ4n) is 3.38. The number of imidazole rings is 1. The molecule has 1 aromatic carbocycles. The monoisotopic (exact) mass is 340 g/mol. The SMILES string of the molecule is Cc1nc2cc([C@H]3C[C@@H]3c3cc(Cl)nn4ccnc34)ccc2s1. The fraction of sp³-hybridized carbons (Fsp3) is 0.235. The van der Waals surface area contributed by atoms with Gasteiger partial charge >= 0.3 is 0 Å². The van der Waals surface area contributed by atoms with Crippen molar-refractivity contribution < 1.29 is 0 Å². The smallest absolute Gasteiger partial charge is 0.157 e. The van der Waals surface area contributed by atoms with Crippen molar-refractivity contribution in [3.8, 4) is 0 Å². The largest absolute Gasteiger partial charge is 0.242 e. The van der Waals surface area contributed by atoms with E-state index in [0.717, 1.165) is 22.6 Å². The number of hydrogen-bond donors (Lipinski definition) is 0. The lowest BCUT2D eigenvalue weighted by Crippen LogP contribution is -1.96. The predicted molar refractivity (Wildman–Crippen MR) is 92.5 cm³/mol. The number of rotatable bonds is 2. The van der Waals surface area contributed by atoms with Crippen LogP contribution in [-0.4, -0.2) is 19.6 Å². The van der Waals surface area contributed by atoms with Gasteiger partial charge in [0.1, 0.15) is 5.15 Å². The Morgan fingerprint density at radius 1 is 1.26 bits per heavy atom. The molecule has 0 bridgehead atoms. The summed E-state index contributed by atoms with van der Waals surface area (Å²) in [6.07, 6.45) is 4.73. The summed E-state index contributed by atoms with van der Waals surface area (Å²) in [6, 6.07) is 8.61. The Hall–Kier alpha value is -1.98. The van der Waals surface area contributed by atoms with Gasteiger partial charge in [-0.15, -0.1) is 11.3 Å². The average molecular weight is 341 g/mol. The first-order valence-electron chi connectivity index (χ1n) is 7.56. The van der Waals surface area contributed by atoms with Crippen molar-refractivity contribution in [3.05, 3.63) is 57.9 Å². The van der Waals surface area contributed by atoms with Crippen LogP contribution in [0.5, 0.6) is 0 Å². The molecule has 1 aliphatic rings. The van der Waals surface area contributed by atoms with Crippen LogP contribution in [0.25, 0.3) is 15.9 Å². The number of nitrogens with zero attached hydrogens (tertiary/aromatic N) is 4. The lowest BCUT2D eigenvalue weighted by Gasteiger charge is -2.04. The second kappa shape index (κ2) is 4.76. The van der Waals surface area contributed by atoms with Crippen LogP contribution < -0.4 is 0 Å². The maximum atomic E-state index is 6.16. The van der Waals surface area contributed by atoms with Gasteiger partial charge in [0, 0.05) is 18.0 Å². The summed E-state index contributed by atoms with van der Waals surface area (Å²) in [6.45, 7) is 2.05. The van der Waals surface area contributed by atoms with E-state index in [1.807, 2.05) is 12.3 Å². The van der Waals surface area contributed by atoms with Crippen LogP contribution in [0.2, 0.25) is 5.15 Å². The molecule has 0 aliphatic heterocycles. The van der Waals surface area contributed by atoms with Crippen LogP contribution in [0.15, 0.2) is 36.7 Å². The minimum absolute atomic E-state index is 0.456. The molecule has 1 fully saturated rings. The highest BCUT2D eigenvalue weighted by molar-refractivity contribution is 7.18. The Labute approximate surface area is 141 Å². The third kappa shape index (κ3) is 2.15. The van der Waals surface area contributed by atoms with Gasteiger partial charge in [-0.3, -0.25) is 0 Å². The number of aryl methyl sites for hydroxylation is 1. The van der Waals surface area contributed by atoms with Crippen LogP contribution in [0.1, 0.15) is 34.4 Å². The number of aromatic nitrogens is 4. The summed E-state index contributed by atoms with van der Waals surface area (Å²) in [5, 5.41) is 5.89. The molecule has 5 rings (SSSR count). The zero-order valence-electron chi connectivity index (χ0n) is 12.4. The number of benzene rings is 1. The van der Waals surface area contributed by atoms with Gasteiger partial charge in [-0.05, 0) is 48.9 Å². The molecular formula is C17H13ClN4S. The van der Waals surface area contributed by atoms with E-state index in [4.69, 9.17) is 11.6 Å². The molecule has 1 aliphatic carbocycles. The molecule has 1 saturated carbocycles. The summed E-state index contributed by atoms with van der Waals surface area (Å²) >= 11 is 7.90. The molecule has 0 radical (unpaired) electrons. The number of fused-ring (bicyclic) bond motifs is 2. The average Bonchev–Trinajstić information content (AvgIpc) is 3.01. The van der Waals surface area contributed by atoms with Crippen molar-refractivity contribution in [3.63, 3.8) is 0 Å². The molecule has 6 heteroatoms. The van der Waals surface area contributed by atoms with Gasteiger partial charge < -0.3 is 0 Å². The molecular weight excluding hydrogens is 328 g/mol. The van der Waals surface area contributed by atoms with Gasteiger partial charge in [0.25, 0.3) is 0 Å². The van der Waals surface area contributed by atoms with Crippen molar-refractivity contribution in [2.45, 2.75) is 25.2 Å². The topological polar surface area (TPSA) is 43.1 Å². The second-order valence-electron chi connectivity index (χ2n) is 6.03. The molecule has 4 nitrogen and oxygen atoms in total. The van der Waals surface area contributed by atoms with Gasteiger partial charge in [0.05, 0.1) is 15.2 Å². The maximum absolute atomic E-state index is 6.16. The molecule has 2 atom stereocenters. The third-order valence-corrected chi connectivity index (χ3v) is 5.63. The molecule has 0 spiro atoms. The highest BCUT2D eigenvalue weighted by atomic mass is 35.5. The summed E-state index contributed by atoms with van der Waals surface area (Å²) in [5.41, 5.74) is 4.56. The second-order valence-corrected chi connectivity index (χ2v) is 7.65. The van der Waals surface area contributed by atoms with E-state index in [2.05, 4.69) is 40.2 Å². The Morgan fingerprint density at radius 2 is 2.17 bits per heavy atom. The Balaban J connectivity index is 1.55. The first-order chi connectivity index (χ1) is 11.2. The van der Waals surface area contributed by atoms with E-state index in [1.54, 1.807) is 22.0 Å². The lowest BCUT2D eigenvalue weighted by molar-refractivity contribution is 0.906. The molecule has 114 valence electrons. The molecule has 3 heterocycles. The van der Waals surface area contributed by atoms with Crippen LogP contribution in [0.3, 0.4) is 0 Å². The molecule has 4 aromatic rings. The van der Waals surface area contributed by atoms with Gasteiger partial charge in [-0.2, -0.15) is 5.10 Å². The van der Waals surface area contributed by atoms with Crippen LogP contribution in [0.4, 0.5) is 0 Å². The van der Waals surface area contributed by atoms with Crippen molar-refractivity contribution in [1.29, 1.82) is 0 Å². The van der Waals surface area contributed by atoms with E-state index in [9.17, 15) is 0 Å². The zero-order chi connectivity index (χ0) is 15.6. The normalized spacial score (nSPS) is 20.4. The minimum Gasteiger partial charge on any atom is -0.242 e. The molecule has 0 saturated heterocycles. The van der Waals surface area contributed by atoms with Gasteiger partial charge in [-0.25, -0.2) is 14.5 Å². The number of halogens is 1. The molecule has 3 aromatic heterocycles. The molecule has 0 N–H and O–H groups in total. The zero-order valence-corrected chi connectivity index (χ0v) is 14.0. The van der Waals surface area contributed by atoms with Gasteiger partial charge in [-0.1, -0.05) is 17.7 Å². The van der Waals surface area contributed by atoms with E-state index >= 15 is 0 Å². The molecule has 23 heavy (non-hydrogen) atoms. The van der Waals surface area contributed by atoms with Crippen molar-refractivity contribution >= 4 is 38.8 Å². The Morgan fingerprint density at radius 3 is 3.09 bits per heavy atom. The summed E-state index contributed by atoms with van der Waals surface area (Å²) in [4.78, 5) is 9.04. The number of thiazole rings is 1. The van der Waals surface area contributed by atoms with E-state index in [-0.39, 0.29) is 0 Å². The summed E-state index contributed by atoms with van der Waals surface area (Å²) in [5.74, 6) is 0.970.